The Morgan fingerprint density at radius 1 is 0.763 bits per heavy atom. The number of anilines is 1. The summed E-state index contributed by atoms with van der Waals surface area (Å²) in [5, 5.41) is 3.09. The number of pyridine rings is 1. The molecule has 0 aliphatic rings. The second kappa shape index (κ2) is 11.4. The van der Waals surface area contributed by atoms with E-state index in [1.165, 1.54) is 11.2 Å². The fourth-order valence-electron chi connectivity index (χ4n) is 4.42. The van der Waals surface area contributed by atoms with E-state index in [9.17, 15) is 9.59 Å². The van der Waals surface area contributed by atoms with Gasteiger partial charge in [0.2, 0.25) is 5.91 Å². The van der Waals surface area contributed by atoms with Crippen LogP contribution in [0.2, 0.25) is 0 Å². The normalized spacial score (nSPS) is 12.3. The SMILES string of the molecule is CC(NC(=O)C(c1cccnc1)N(C(=O)c1ccco1)c1ccc(-c2ccccc2)cc1)c1ccccc1. The van der Waals surface area contributed by atoms with Crippen LogP contribution in [0, 0.1) is 0 Å². The van der Waals surface area contributed by atoms with E-state index in [1.54, 1.807) is 36.7 Å². The third kappa shape index (κ3) is 5.39. The molecule has 0 fully saturated rings. The minimum Gasteiger partial charge on any atom is -0.459 e. The predicted molar refractivity (Wildman–Crippen MR) is 147 cm³/mol. The maximum atomic E-state index is 13.9. The van der Waals surface area contributed by atoms with Gasteiger partial charge < -0.3 is 9.73 Å². The van der Waals surface area contributed by atoms with Crippen molar-refractivity contribution in [2.45, 2.75) is 19.0 Å². The van der Waals surface area contributed by atoms with Gasteiger partial charge in [-0.15, -0.1) is 0 Å². The Morgan fingerprint density at radius 2 is 1.42 bits per heavy atom. The standard InChI is InChI=1S/C32H27N3O3/c1-23(24-10-4-2-5-11-24)34-31(36)30(27-14-8-20-33-22-27)35(32(37)29-15-9-21-38-29)28-18-16-26(17-19-28)25-12-6-3-7-13-25/h2-23,30H,1H3,(H,34,36). The van der Waals surface area contributed by atoms with Crippen LogP contribution in [-0.4, -0.2) is 16.8 Å². The zero-order chi connectivity index (χ0) is 26.3. The summed E-state index contributed by atoms with van der Waals surface area (Å²) in [4.78, 5) is 33.5. The van der Waals surface area contributed by atoms with Crippen molar-refractivity contribution in [3.8, 4) is 11.1 Å². The van der Waals surface area contributed by atoms with Gasteiger partial charge >= 0.3 is 0 Å². The van der Waals surface area contributed by atoms with Crippen molar-refractivity contribution in [3.05, 3.63) is 145 Å². The fourth-order valence-corrected chi connectivity index (χ4v) is 4.42. The molecular formula is C32H27N3O3. The van der Waals surface area contributed by atoms with Crippen LogP contribution in [0.3, 0.4) is 0 Å². The lowest BCUT2D eigenvalue weighted by molar-refractivity contribution is -0.123. The Labute approximate surface area is 221 Å². The van der Waals surface area contributed by atoms with Crippen molar-refractivity contribution in [1.82, 2.24) is 10.3 Å². The molecule has 0 spiro atoms. The highest BCUT2D eigenvalue weighted by Crippen LogP contribution is 2.32. The summed E-state index contributed by atoms with van der Waals surface area (Å²) in [5.41, 5.74) is 4.16. The van der Waals surface area contributed by atoms with Gasteiger partial charge in [0, 0.05) is 23.6 Å². The van der Waals surface area contributed by atoms with Crippen molar-refractivity contribution in [3.63, 3.8) is 0 Å². The number of aromatic nitrogens is 1. The van der Waals surface area contributed by atoms with Gasteiger partial charge in [0.25, 0.3) is 5.91 Å². The molecule has 0 aliphatic carbocycles. The zero-order valence-corrected chi connectivity index (χ0v) is 20.9. The Bertz CT molecular complexity index is 1470. The second-order valence-electron chi connectivity index (χ2n) is 8.90. The molecule has 0 saturated carbocycles. The molecule has 5 rings (SSSR count). The van der Waals surface area contributed by atoms with Gasteiger partial charge in [0.15, 0.2) is 5.76 Å². The Hall–Kier alpha value is -4.97. The summed E-state index contributed by atoms with van der Waals surface area (Å²) in [5.74, 6) is -0.629. The highest BCUT2D eigenvalue weighted by Gasteiger charge is 2.35. The fraction of sp³-hybridized carbons (Fsp3) is 0.0938. The number of carbonyl (C=O) groups excluding carboxylic acids is 2. The van der Waals surface area contributed by atoms with E-state index in [2.05, 4.69) is 10.3 Å². The first kappa shape index (κ1) is 24.7. The largest absolute Gasteiger partial charge is 0.459 e. The molecule has 0 aliphatic heterocycles. The first-order valence-electron chi connectivity index (χ1n) is 12.4. The summed E-state index contributed by atoms with van der Waals surface area (Å²) >= 11 is 0. The van der Waals surface area contributed by atoms with Gasteiger partial charge in [-0.2, -0.15) is 0 Å². The second-order valence-corrected chi connectivity index (χ2v) is 8.90. The first-order chi connectivity index (χ1) is 18.6. The number of carbonyl (C=O) groups is 2. The van der Waals surface area contributed by atoms with Crippen LogP contribution in [-0.2, 0) is 4.79 Å². The van der Waals surface area contributed by atoms with Crippen LogP contribution in [0.5, 0.6) is 0 Å². The highest BCUT2D eigenvalue weighted by atomic mass is 16.3. The van der Waals surface area contributed by atoms with E-state index >= 15 is 0 Å². The van der Waals surface area contributed by atoms with Crippen LogP contribution in [0.1, 0.15) is 40.7 Å². The first-order valence-corrected chi connectivity index (χ1v) is 12.4. The summed E-state index contributed by atoms with van der Waals surface area (Å²) < 4.78 is 5.47. The van der Waals surface area contributed by atoms with Gasteiger partial charge in [-0.3, -0.25) is 19.5 Å². The van der Waals surface area contributed by atoms with Crippen LogP contribution in [0.25, 0.3) is 11.1 Å². The molecule has 0 bridgehead atoms. The molecule has 0 radical (unpaired) electrons. The van der Waals surface area contributed by atoms with Gasteiger partial charge in [-0.05, 0) is 53.9 Å². The summed E-state index contributed by atoms with van der Waals surface area (Å²) in [6.45, 7) is 1.92. The number of hydrogen-bond acceptors (Lipinski definition) is 4. The Kier molecular flexibility index (Phi) is 7.41. The van der Waals surface area contributed by atoms with E-state index in [0.717, 1.165) is 16.7 Å². The van der Waals surface area contributed by atoms with Crippen molar-refractivity contribution in [2.24, 2.45) is 0 Å². The van der Waals surface area contributed by atoms with Crippen molar-refractivity contribution < 1.29 is 14.0 Å². The molecule has 1 N–H and O–H groups in total. The molecule has 3 aromatic carbocycles. The molecular weight excluding hydrogens is 474 g/mol. The van der Waals surface area contributed by atoms with E-state index in [-0.39, 0.29) is 17.7 Å². The number of rotatable bonds is 8. The lowest BCUT2D eigenvalue weighted by atomic mass is 10.0. The van der Waals surface area contributed by atoms with Crippen LogP contribution in [0.4, 0.5) is 5.69 Å². The Morgan fingerprint density at radius 3 is 2.05 bits per heavy atom. The number of benzene rings is 3. The van der Waals surface area contributed by atoms with Crippen molar-refractivity contribution in [1.29, 1.82) is 0 Å². The quantitative estimate of drug-likeness (QED) is 0.260. The smallest absolute Gasteiger partial charge is 0.294 e. The molecule has 6 nitrogen and oxygen atoms in total. The molecule has 5 aromatic rings. The van der Waals surface area contributed by atoms with Crippen LogP contribution in [0.15, 0.2) is 132 Å². The van der Waals surface area contributed by atoms with E-state index in [4.69, 9.17) is 4.42 Å². The molecule has 2 aromatic heterocycles. The van der Waals surface area contributed by atoms with Crippen LogP contribution >= 0.6 is 0 Å². The third-order valence-corrected chi connectivity index (χ3v) is 6.37. The third-order valence-electron chi connectivity index (χ3n) is 6.37. The number of furan rings is 1. The minimum atomic E-state index is -0.991. The molecule has 2 heterocycles. The maximum absolute atomic E-state index is 13.9. The predicted octanol–water partition coefficient (Wildman–Crippen LogP) is 6.61. The molecule has 6 heteroatoms. The van der Waals surface area contributed by atoms with Crippen LogP contribution < -0.4 is 10.2 Å². The highest BCUT2D eigenvalue weighted by molar-refractivity contribution is 6.08. The molecule has 188 valence electrons. The van der Waals surface area contributed by atoms with Gasteiger partial charge in [-0.1, -0.05) is 78.9 Å². The van der Waals surface area contributed by atoms with Crippen molar-refractivity contribution in [2.75, 3.05) is 4.90 Å². The molecule has 2 unspecified atom stereocenters. The maximum Gasteiger partial charge on any atom is 0.294 e. The van der Waals surface area contributed by atoms with Gasteiger partial charge in [-0.25, -0.2) is 0 Å². The van der Waals surface area contributed by atoms with E-state index in [0.29, 0.717) is 11.3 Å². The van der Waals surface area contributed by atoms with E-state index < -0.39 is 11.9 Å². The van der Waals surface area contributed by atoms with Crippen molar-refractivity contribution >= 4 is 17.5 Å². The molecule has 38 heavy (non-hydrogen) atoms. The van der Waals surface area contributed by atoms with Gasteiger partial charge in [0.1, 0.15) is 6.04 Å². The summed E-state index contributed by atoms with van der Waals surface area (Å²) in [7, 11) is 0. The number of nitrogens with zero attached hydrogens (tertiary/aromatic N) is 2. The lowest BCUT2D eigenvalue weighted by Crippen LogP contribution is -2.44. The number of hydrogen-bond donors (Lipinski definition) is 1. The van der Waals surface area contributed by atoms with Gasteiger partial charge in [0.05, 0.1) is 12.3 Å². The van der Waals surface area contributed by atoms with E-state index in [1.807, 2.05) is 91.9 Å². The number of amides is 2. The minimum absolute atomic E-state index is 0.134. The summed E-state index contributed by atoms with van der Waals surface area (Å²) in [6.07, 6.45) is 4.69. The zero-order valence-electron chi connectivity index (χ0n) is 20.9. The summed E-state index contributed by atoms with van der Waals surface area (Å²) in [6, 6.07) is 32.8. The topological polar surface area (TPSA) is 75.4 Å². The molecule has 2 amide bonds. The average molecular weight is 502 g/mol. The lowest BCUT2D eigenvalue weighted by Gasteiger charge is -2.31. The monoisotopic (exact) mass is 501 g/mol. The molecule has 0 saturated heterocycles. The number of nitrogens with one attached hydrogen (secondary N) is 1. The Balaban J connectivity index is 1.56. The average Bonchev–Trinajstić information content (AvgIpc) is 3.52. The molecule has 2 atom stereocenters.